The maximum atomic E-state index is 14.3. The van der Waals surface area contributed by atoms with Gasteiger partial charge in [-0.2, -0.15) is 4.98 Å². The maximum Gasteiger partial charge on any atom is 0.342 e. The average Bonchev–Trinajstić information content (AvgIpc) is 2.77. The summed E-state index contributed by atoms with van der Waals surface area (Å²) in [4.78, 5) is 23.7. The Labute approximate surface area is 175 Å². The van der Waals surface area contributed by atoms with Gasteiger partial charge in [0.15, 0.2) is 17.4 Å². The molecule has 1 aliphatic heterocycles. The van der Waals surface area contributed by atoms with Crippen LogP contribution in [0, 0.1) is 11.6 Å². The van der Waals surface area contributed by atoms with Crippen LogP contribution in [0.15, 0.2) is 53.6 Å². The number of ether oxygens (including phenoxy) is 2. The van der Waals surface area contributed by atoms with Crippen molar-refractivity contribution in [3.63, 3.8) is 0 Å². The SMILES string of the molecule is COc1ccc(N2Sc3cccnc3N(Cc3c(F)cccc3F)C2=O)nc1OC. The summed E-state index contributed by atoms with van der Waals surface area (Å²) in [7, 11) is 2.92. The van der Waals surface area contributed by atoms with Gasteiger partial charge in [-0.1, -0.05) is 6.07 Å². The van der Waals surface area contributed by atoms with E-state index in [2.05, 4.69) is 9.97 Å². The number of anilines is 2. The number of aromatic nitrogens is 2. The fourth-order valence-electron chi connectivity index (χ4n) is 2.96. The summed E-state index contributed by atoms with van der Waals surface area (Å²) in [6.07, 6.45) is 1.52. The zero-order chi connectivity index (χ0) is 21.3. The number of pyridine rings is 2. The van der Waals surface area contributed by atoms with Crippen LogP contribution in [0.2, 0.25) is 0 Å². The molecule has 0 saturated carbocycles. The van der Waals surface area contributed by atoms with E-state index in [1.54, 1.807) is 24.3 Å². The van der Waals surface area contributed by atoms with E-state index in [1.807, 2.05) is 0 Å². The Balaban J connectivity index is 1.77. The second-order valence-corrected chi connectivity index (χ2v) is 7.15. The standard InChI is InChI=1S/C20H16F2N4O3S/c1-28-15-8-9-17(24-19(15)29-2)26-20(27)25(18-16(30-26)7-4-10-23-18)11-12-13(21)5-3-6-14(12)22/h3-10H,11H2,1-2H3. The van der Waals surface area contributed by atoms with Crippen molar-refractivity contribution in [1.82, 2.24) is 9.97 Å². The molecule has 0 atom stereocenters. The molecule has 154 valence electrons. The Morgan fingerprint density at radius 1 is 1.03 bits per heavy atom. The smallest absolute Gasteiger partial charge is 0.342 e. The van der Waals surface area contributed by atoms with Crippen molar-refractivity contribution >= 4 is 29.6 Å². The molecule has 0 spiro atoms. The van der Waals surface area contributed by atoms with Crippen LogP contribution in [-0.4, -0.2) is 30.2 Å². The normalized spacial score (nSPS) is 13.3. The lowest BCUT2D eigenvalue weighted by atomic mass is 10.2. The van der Waals surface area contributed by atoms with E-state index < -0.39 is 17.7 Å². The van der Waals surface area contributed by atoms with E-state index in [0.29, 0.717) is 16.5 Å². The van der Waals surface area contributed by atoms with Gasteiger partial charge in [0.2, 0.25) is 0 Å². The Hall–Kier alpha value is -3.40. The third kappa shape index (κ3) is 3.50. The van der Waals surface area contributed by atoms with Crippen LogP contribution in [0.3, 0.4) is 0 Å². The average molecular weight is 430 g/mol. The van der Waals surface area contributed by atoms with Crippen molar-refractivity contribution in [2.45, 2.75) is 11.4 Å². The molecule has 7 nitrogen and oxygen atoms in total. The molecule has 3 heterocycles. The molecule has 30 heavy (non-hydrogen) atoms. The molecule has 0 aliphatic carbocycles. The minimum atomic E-state index is -0.741. The van der Waals surface area contributed by atoms with Crippen LogP contribution in [0.1, 0.15) is 5.56 Å². The third-order valence-electron chi connectivity index (χ3n) is 4.41. The number of nitrogens with zero attached hydrogens (tertiary/aromatic N) is 4. The van der Waals surface area contributed by atoms with Gasteiger partial charge < -0.3 is 9.47 Å². The van der Waals surface area contributed by atoms with Crippen LogP contribution in [0.25, 0.3) is 0 Å². The maximum absolute atomic E-state index is 14.3. The van der Waals surface area contributed by atoms with Crippen molar-refractivity contribution in [2.75, 3.05) is 23.4 Å². The van der Waals surface area contributed by atoms with Gasteiger partial charge in [0.05, 0.1) is 25.7 Å². The fourth-order valence-corrected chi connectivity index (χ4v) is 3.91. The number of amides is 2. The molecular weight excluding hydrogens is 414 g/mol. The zero-order valence-electron chi connectivity index (χ0n) is 16.0. The summed E-state index contributed by atoms with van der Waals surface area (Å²) in [5, 5.41) is 0. The molecule has 3 aromatic rings. The highest BCUT2D eigenvalue weighted by molar-refractivity contribution is 8.01. The van der Waals surface area contributed by atoms with Gasteiger partial charge in [-0.15, -0.1) is 0 Å². The van der Waals surface area contributed by atoms with Gasteiger partial charge in [0, 0.05) is 23.7 Å². The van der Waals surface area contributed by atoms with Crippen LogP contribution in [-0.2, 0) is 6.54 Å². The number of carbonyl (C=O) groups excluding carboxylic acids is 1. The highest BCUT2D eigenvalue weighted by atomic mass is 32.2. The summed E-state index contributed by atoms with van der Waals surface area (Å²) < 4.78 is 40.2. The molecule has 0 bridgehead atoms. The van der Waals surface area contributed by atoms with Crippen molar-refractivity contribution in [3.05, 3.63) is 65.9 Å². The molecule has 0 N–H and O–H groups in total. The largest absolute Gasteiger partial charge is 0.491 e. The number of methoxy groups -OCH3 is 2. The Morgan fingerprint density at radius 3 is 2.50 bits per heavy atom. The van der Waals surface area contributed by atoms with Gasteiger partial charge in [0.1, 0.15) is 11.6 Å². The van der Waals surface area contributed by atoms with Crippen LogP contribution < -0.4 is 18.7 Å². The lowest BCUT2D eigenvalue weighted by Crippen LogP contribution is -2.44. The van der Waals surface area contributed by atoms with Gasteiger partial charge in [-0.3, -0.25) is 4.90 Å². The molecule has 0 radical (unpaired) electrons. The predicted molar refractivity (Wildman–Crippen MR) is 108 cm³/mol. The number of halogens is 2. The molecule has 0 saturated heterocycles. The summed E-state index contributed by atoms with van der Waals surface area (Å²) in [5.41, 5.74) is -0.227. The van der Waals surface area contributed by atoms with Crippen LogP contribution in [0.5, 0.6) is 11.6 Å². The third-order valence-corrected chi connectivity index (χ3v) is 5.45. The van der Waals surface area contributed by atoms with Gasteiger partial charge in [-0.25, -0.2) is 22.9 Å². The number of hydrogen-bond acceptors (Lipinski definition) is 6. The molecule has 1 aliphatic rings. The Bertz CT molecular complexity index is 1090. The second-order valence-electron chi connectivity index (χ2n) is 6.16. The quantitative estimate of drug-likeness (QED) is 0.558. The molecule has 2 aromatic heterocycles. The first-order chi connectivity index (χ1) is 14.5. The first-order valence-corrected chi connectivity index (χ1v) is 9.57. The number of benzene rings is 1. The molecule has 0 unspecified atom stereocenters. The minimum absolute atomic E-state index is 0.201. The summed E-state index contributed by atoms with van der Waals surface area (Å²) in [5.74, 6) is -0.290. The summed E-state index contributed by atoms with van der Waals surface area (Å²) >= 11 is 1.11. The van der Waals surface area contributed by atoms with Crippen molar-refractivity contribution in [3.8, 4) is 11.6 Å². The van der Waals surface area contributed by atoms with Gasteiger partial charge >= 0.3 is 6.03 Å². The topological polar surface area (TPSA) is 67.8 Å². The van der Waals surface area contributed by atoms with Gasteiger partial charge in [0.25, 0.3) is 5.88 Å². The zero-order valence-corrected chi connectivity index (χ0v) is 16.8. The second kappa shape index (κ2) is 8.15. The number of urea groups is 1. The highest BCUT2D eigenvalue weighted by Gasteiger charge is 2.35. The monoisotopic (exact) mass is 430 g/mol. The van der Waals surface area contributed by atoms with Gasteiger partial charge in [-0.05, 0) is 36.4 Å². The predicted octanol–water partition coefficient (Wildman–Crippen LogP) is 4.43. The van der Waals surface area contributed by atoms with Crippen LogP contribution in [0.4, 0.5) is 25.2 Å². The van der Waals surface area contributed by atoms with E-state index in [4.69, 9.17) is 9.47 Å². The molecule has 0 fully saturated rings. The van der Waals surface area contributed by atoms with E-state index in [-0.39, 0.29) is 23.8 Å². The van der Waals surface area contributed by atoms with E-state index in [0.717, 1.165) is 24.1 Å². The molecule has 10 heteroatoms. The van der Waals surface area contributed by atoms with E-state index in [9.17, 15) is 13.6 Å². The molecule has 2 amide bonds. The minimum Gasteiger partial charge on any atom is -0.491 e. The van der Waals surface area contributed by atoms with Crippen molar-refractivity contribution < 1.29 is 23.0 Å². The lowest BCUT2D eigenvalue weighted by Gasteiger charge is -2.34. The van der Waals surface area contributed by atoms with Crippen molar-refractivity contribution in [2.24, 2.45) is 0 Å². The summed E-state index contributed by atoms with van der Waals surface area (Å²) in [6, 6.07) is 9.71. The van der Waals surface area contributed by atoms with E-state index >= 15 is 0 Å². The van der Waals surface area contributed by atoms with E-state index in [1.165, 1.54) is 35.7 Å². The first-order valence-electron chi connectivity index (χ1n) is 8.80. The Morgan fingerprint density at radius 2 is 1.80 bits per heavy atom. The fraction of sp³-hybridized carbons (Fsp3) is 0.150. The number of carbonyl (C=O) groups is 1. The molecule has 1 aromatic carbocycles. The number of hydrogen-bond donors (Lipinski definition) is 0. The Kier molecular flexibility index (Phi) is 5.40. The summed E-state index contributed by atoms with van der Waals surface area (Å²) in [6.45, 7) is -0.328. The van der Waals surface area contributed by atoms with Crippen LogP contribution >= 0.6 is 11.9 Å². The molecular formula is C20H16F2N4O3S. The lowest BCUT2D eigenvalue weighted by molar-refractivity contribution is 0.253. The number of rotatable bonds is 5. The molecule has 4 rings (SSSR count). The first kappa shape index (κ1) is 19.9. The van der Waals surface area contributed by atoms with Crippen molar-refractivity contribution in [1.29, 1.82) is 0 Å². The number of fused-ring (bicyclic) bond motifs is 1. The highest BCUT2D eigenvalue weighted by Crippen LogP contribution is 2.41.